The Labute approximate surface area is 99.9 Å². The number of nitrogens with zero attached hydrogens (tertiary/aromatic N) is 1. The molecule has 0 saturated heterocycles. The molecule has 0 fully saturated rings. The molecule has 4 heteroatoms. The van der Waals surface area contributed by atoms with Crippen LogP contribution in [0.5, 0.6) is 0 Å². The van der Waals surface area contributed by atoms with Gasteiger partial charge in [-0.3, -0.25) is 14.5 Å². The minimum absolute atomic E-state index is 0.0552. The highest BCUT2D eigenvalue weighted by molar-refractivity contribution is 6.21. The van der Waals surface area contributed by atoms with Crippen molar-refractivity contribution in [2.24, 2.45) is 0 Å². The SMILES string of the molecule is CC(C)(CCO)N1C(=O)c2ccccc2C1=O. The third-order valence-electron chi connectivity index (χ3n) is 3.12. The molecule has 1 N–H and O–H groups in total. The molecule has 2 amide bonds. The minimum atomic E-state index is -0.665. The van der Waals surface area contributed by atoms with Crippen LogP contribution in [0.4, 0.5) is 0 Å². The standard InChI is InChI=1S/C13H15NO3/c1-13(2,7-8-15)14-11(16)9-5-3-4-6-10(9)12(14)17/h3-6,15H,7-8H2,1-2H3. The van der Waals surface area contributed by atoms with Crippen LogP contribution in [0, 0.1) is 0 Å². The number of fused-ring (bicyclic) bond motifs is 1. The summed E-state index contributed by atoms with van der Waals surface area (Å²) in [6.45, 7) is 3.51. The van der Waals surface area contributed by atoms with Gasteiger partial charge >= 0.3 is 0 Å². The zero-order chi connectivity index (χ0) is 12.6. The van der Waals surface area contributed by atoms with Gasteiger partial charge in [-0.05, 0) is 32.4 Å². The van der Waals surface area contributed by atoms with E-state index in [0.717, 1.165) is 0 Å². The summed E-state index contributed by atoms with van der Waals surface area (Å²) in [5.41, 5.74) is 0.231. The van der Waals surface area contributed by atoms with Crippen LogP contribution in [0.15, 0.2) is 24.3 Å². The number of amides is 2. The number of aliphatic hydroxyl groups excluding tert-OH is 1. The topological polar surface area (TPSA) is 57.6 Å². The van der Waals surface area contributed by atoms with E-state index in [1.165, 1.54) is 4.90 Å². The number of carbonyl (C=O) groups excluding carboxylic acids is 2. The van der Waals surface area contributed by atoms with Crippen molar-refractivity contribution in [3.05, 3.63) is 35.4 Å². The van der Waals surface area contributed by atoms with E-state index < -0.39 is 5.54 Å². The average Bonchev–Trinajstić information content (AvgIpc) is 2.53. The second kappa shape index (κ2) is 3.96. The van der Waals surface area contributed by atoms with E-state index in [0.29, 0.717) is 17.5 Å². The number of hydrogen-bond acceptors (Lipinski definition) is 3. The summed E-state index contributed by atoms with van der Waals surface area (Å²) in [5.74, 6) is -0.548. The van der Waals surface area contributed by atoms with Crippen molar-refractivity contribution in [3.8, 4) is 0 Å². The van der Waals surface area contributed by atoms with Gasteiger partial charge in [-0.2, -0.15) is 0 Å². The van der Waals surface area contributed by atoms with E-state index in [1.807, 2.05) is 0 Å². The highest BCUT2D eigenvalue weighted by Crippen LogP contribution is 2.30. The fourth-order valence-electron chi connectivity index (χ4n) is 2.12. The third kappa shape index (κ3) is 1.74. The fraction of sp³-hybridized carbons (Fsp3) is 0.385. The maximum Gasteiger partial charge on any atom is 0.262 e. The predicted molar refractivity (Wildman–Crippen MR) is 62.7 cm³/mol. The van der Waals surface area contributed by atoms with Crippen molar-refractivity contribution in [1.29, 1.82) is 0 Å². The van der Waals surface area contributed by atoms with Crippen LogP contribution in [-0.2, 0) is 0 Å². The predicted octanol–water partition coefficient (Wildman–Crippen LogP) is 1.44. The van der Waals surface area contributed by atoms with Gasteiger partial charge in [-0.25, -0.2) is 0 Å². The molecule has 0 aliphatic carbocycles. The van der Waals surface area contributed by atoms with Gasteiger partial charge in [0.1, 0.15) is 0 Å². The van der Waals surface area contributed by atoms with E-state index in [9.17, 15) is 9.59 Å². The second-order valence-corrected chi connectivity index (χ2v) is 4.78. The molecule has 1 aromatic carbocycles. The zero-order valence-electron chi connectivity index (χ0n) is 9.93. The normalized spacial score (nSPS) is 15.4. The first kappa shape index (κ1) is 11.8. The summed E-state index contributed by atoms with van der Waals surface area (Å²) in [7, 11) is 0. The zero-order valence-corrected chi connectivity index (χ0v) is 9.93. The van der Waals surface area contributed by atoms with Gasteiger partial charge in [0.25, 0.3) is 11.8 Å². The molecule has 90 valence electrons. The maximum absolute atomic E-state index is 12.2. The fourth-order valence-corrected chi connectivity index (χ4v) is 2.12. The molecule has 4 nitrogen and oxygen atoms in total. The van der Waals surface area contributed by atoms with E-state index in [-0.39, 0.29) is 18.4 Å². The van der Waals surface area contributed by atoms with Gasteiger partial charge < -0.3 is 5.11 Å². The Morgan fingerprint density at radius 3 is 2.00 bits per heavy atom. The summed E-state index contributed by atoms with van der Waals surface area (Å²) < 4.78 is 0. The molecule has 0 aromatic heterocycles. The van der Waals surface area contributed by atoms with Gasteiger partial charge in [0.2, 0.25) is 0 Å². The molecule has 0 radical (unpaired) electrons. The molecule has 0 unspecified atom stereocenters. The Morgan fingerprint density at radius 1 is 1.12 bits per heavy atom. The number of rotatable bonds is 3. The lowest BCUT2D eigenvalue weighted by molar-refractivity contribution is 0.0437. The number of imide groups is 1. The van der Waals surface area contributed by atoms with Crippen molar-refractivity contribution in [2.75, 3.05) is 6.61 Å². The van der Waals surface area contributed by atoms with Crippen molar-refractivity contribution in [2.45, 2.75) is 25.8 Å². The molecule has 0 bridgehead atoms. The monoisotopic (exact) mass is 233 g/mol. The number of aliphatic hydroxyl groups is 1. The summed E-state index contributed by atoms with van der Waals surface area (Å²) in [5, 5.41) is 9.00. The first-order chi connectivity index (χ1) is 7.99. The smallest absolute Gasteiger partial charge is 0.262 e. The van der Waals surface area contributed by atoms with Gasteiger partial charge in [0.15, 0.2) is 0 Å². The molecule has 2 rings (SSSR count). The highest BCUT2D eigenvalue weighted by atomic mass is 16.3. The van der Waals surface area contributed by atoms with E-state index >= 15 is 0 Å². The average molecular weight is 233 g/mol. The molecule has 1 heterocycles. The van der Waals surface area contributed by atoms with E-state index in [2.05, 4.69) is 0 Å². The maximum atomic E-state index is 12.2. The molecule has 0 saturated carbocycles. The Morgan fingerprint density at radius 2 is 1.59 bits per heavy atom. The summed E-state index contributed by atoms with van der Waals surface area (Å²) in [4.78, 5) is 25.5. The number of benzene rings is 1. The lowest BCUT2D eigenvalue weighted by Crippen LogP contribution is -2.48. The van der Waals surface area contributed by atoms with Gasteiger partial charge in [-0.1, -0.05) is 12.1 Å². The van der Waals surface area contributed by atoms with Crippen LogP contribution in [0.3, 0.4) is 0 Å². The molecule has 0 atom stereocenters. The Bertz CT molecular complexity index is 444. The Hall–Kier alpha value is -1.68. The van der Waals surface area contributed by atoms with Crippen LogP contribution < -0.4 is 0 Å². The quantitative estimate of drug-likeness (QED) is 0.804. The summed E-state index contributed by atoms with van der Waals surface area (Å²) in [6.07, 6.45) is 0.373. The van der Waals surface area contributed by atoms with Gasteiger partial charge in [-0.15, -0.1) is 0 Å². The van der Waals surface area contributed by atoms with Crippen molar-refractivity contribution < 1.29 is 14.7 Å². The largest absolute Gasteiger partial charge is 0.396 e. The summed E-state index contributed by atoms with van der Waals surface area (Å²) >= 11 is 0. The molecular formula is C13H15NO3. The van der Waals surface area contributed by atoms with Crippen molar-refractivity contribution in [1.82, 2.24) is 4.90 Å². The molecule has 1 aromatic rings. The van der Waals surface area contributed by atoms with Crippen LogP contribution in [0.2, 0.25) is 0 Å². The van der Waals surface area contributed by atoms with Gasteiger partial charge in [0.05, 0.1) is 11.1 Å². The summed E-state index contributed by atoms with van der Waals surface area (Å²) in [6, 6.07) is 6.80. The molecular weight excluding hydrogens is 218 g/mol. The lowest BCUT2D eigenvalue weighted by Gasteiger charge is -2.33. The third-order valence-corrected chi connectivity index (χ3v) is 3.12. The molecule has 0 spiro atoms. The lowest BCUT2D eigenvalue weighted by atomic mass is 9.99. The Balaban J connectivity index is 2.43. The van der Waals surface area contributed by atoms with Crippen LogP contribution in [0.1, 0.15) is 41.0 Å². The van der Waals surface area contributed by atoms with E-state index in [1.54, 1.807) is 38.1 Å². The van der Waals surface area contributed by atoms with Crippen LogP contribution in [-0.4, -0.2) is 34.0 Å². The second-order valence-electron chi connectivity index (χ2n) is 4.78. The first-order valence-corrected chi connectivity index (χ1v) is 5.58. The first-order valence-electron chi connectivity index (χ1n) is 5.58. The number of carbonyl (C=O) groups is 2. The minimum Gasteiger partial charge on any atom is -0.396 e. The molecule has 17 heavy (non-hydrogen) atoms. The van der Waals surface area contributed by atoms with Crippen LogP contribution in [0.25, 0.3) is 0 Å². The van der Waals surface area contributed by atoms with E-state index in [4.69, 9.17) is 5.11 Å². The highest BCUT2D eigenvalue weighted by Gasteiger charge is 2.43. The number of hydrogen-bond donors (Lipinski definition) is 1. The molecule has 1 aliphatic rings. The van der Waals surface area contributed by atoms with Crippen molar-refractivity contribution in [3.63, 3.8) is 0 Å². The van der Waals surface area contributed by atoms with Crippen molar-refractivity contribution >= 4 is 11.8 Å². The van der Waals surface area contributed by atoms with Crippen LogP contribution >= 0.6 is 0 Å². The Kier molecular flexibility index (Phi) is 2.75. The molecule has 1 aliphatic heterocycles. The van der Waals surface area contributed by atoms with Gasteiger partial charge in [0, 0.05) is 12.1 Å².